The monoisotopic (exact) mass is 470 g/mol. The lowest BCUT2D eigenvalue weighted by Gasteiger charge is -2.33. The summed E-state index contributed by atoms with van der Waals surface area (Å²) >= 11 is 0. The van der Waals surface area contributed by atoms with Crippen LogP contribution in [0.15, 0.2) is 41.7 Å². The molecule has 0 saturated heterocycles. The molecule has 2 saturated carbocycles. The maximum atomic E-state index is 13.6. The molecule has 0 bridgehead atoms. The van der Waals surface area contributed by atoms with E-state index in [0.29, 0.717) is 17.8 Å². The number of amides is 1. The van der Waals surface area contributed by atoms with Crippen molar-refractivity contribution in [1.82, 2.24) is 20.6 Å². The molecule has 1 heterocycles. The summed E-state index contributed by atoms with van der Waals surface area (Å²) < 4.78 is 26.9. The molecular formula is C25H32F2N6O. The minimum absolute atomic E-state index is 0.0213. The SMILES string of the molecule is CC1CCC(N/C(=N/C(=O)c2ccc(F)c(F)c2)N[C@H]2CC[C@H](Nc3ncccn3)CC2)CC1. The molecule has 4 rings (SSSR count). The zero-order valence-electron chi connectivity index (χ0n) is 19.4. The van der Waals surface area contributed by atoms with Crippen LogP contribution in [-0.2, 0) is 0 Å². The van der Waals surface area contributed by atoms with Gasteiger partial charge >= 0.3 is 0 Å². The maximum absolute atomic E-state index is 13.6. The molecule has 0 atom stereocenters. The van der Waals surface area contributed by atoms with Gasteiger partial charge in [0, 0.05) is 36.1 Å². The number of benzene rings is 1. The van der Waals surface area contributed by atoms with E-state index in [1.54, 1.807) is 18.5 Å². The highest BCUT2D eigenvalue weighted by molar-refractivity contribution is 6.02. The van der Waals surface area contributed by atoms with Crippen molar-refractivity contribution in [3.8, 4) is 0 Å². The Labute approximate surface area is 198 Å². The quantitative estimate of drug-likeness (QED) is 0.442. The average molecular weight is 471 g/mol. The molecule has 1 aromatic carbocycles. The lowest BCUT2D eigenvalue weighted by Crippen LogP contribution is -2.50. The molecule has 3 N–H and O–H groups in total. The Balaban J connectivity index is 1.40. The van der Waals surface area contributed by atoms with Crippen LogP contribution in [0.5, 0.6) is 0 Å². The third-order valence-electron chi connectivity index (χ3n) is 6.70. The number of hydrogen-bond acceptors (Lipinski definition) is 4. The molecule has 2 aliphatic carbocycles. The first-order valence-electron chi connectivity index (χ1n) is 12.1. The van der Waals surface area contributed by atoms with Gasteiger partial charge < -0.3 is 16.0 Å². The van der Waals surface area contributed by atoms with E-state index in [0.717, 1.165) is 63.5 Å². The van der Waals surface area contributed by atoms with E-state index >= 15 is 0 Å². The van der Waals surface area contributed by atoms with E-state index in [9.17, 15) is 13.6 Å². The predicted octanol–water partition coefficient (Wildman–Crippen LogP) is 4.43. The van der Waals surface area contributed by atoms with Crippen LogP contribution in [0.3, 0.4) is 0 Å². The van der Waals surface area contributed by atoms with Gasteiger partial charge in [-0.2, -0.15) is 4.99 Å². The van der Waals surface area contributed by atoms with Crippen molar-refractivity contribution in [2.24, 2.45) is 10.9 Å². The summed E-state index contributed by atoms with van der Waals surface area (Å²) in [5.74, 6) is -0.901. The Morgan fingerprint density at radius 3 is 2.09 bits per heavy atom. The topological polar surface area (TPSA) is 91.3 Å². The van der Waals surface area contributed by atoms with Gasteiger partial charge in [-0.05, 0) is 81.5 Å². The number of aliphatic imine (C=N–C) groups is 1. The Hall–Kier alpha value is -3.10. The van der Waals surface area contributed by atoms with Crippen LogP contribution in [0, 0.1) is 17.6 Å². The van der Waals surface area contributed by atoms with Crippen molar-refractivity contribution < 1.29 is 13.6 Å². The van der Waals surface area contributed by atoms with E-state index in [2.05, 4.69) is 37.8 Å². The predicted molar refractivity (Wildman–Crippen MR) is 128 cm³/mol. The summed E-state index contributed by atoms with van der Waals surface area (Å²) in [5.41, 5.74) is 0.0213. The number of nitrogens with one attached hydrogen (secondary N) is 3. The molecule has 2 aromatic rings. The standard InChI is InChI=1S/C25H32F2N6O/c1-16-3-6-18(7-4-16)31-25(33-23(34)17-5-12-21(26)22(27)15-17)32-20-10-8-19(9-11-20)30-24-28-13-2-14-29-24/h2,5,12-16,18-20H,3-4,6-11H2,1H3,(H,28,29,30)(H2,31,32,33,34)/t16?,18?,19-,20-. The number of halogens is 2. The van der Waals surface area contributed by atoms with Crippen LogP contribution >= 0.6 is 0 Å². The van der Waals surface area contributed by atoms with E-state index in [1.807, 2.05) is 0 Å². The summed E-state index contributed by atoms with van der Waals surface area (Å²) in [6.45, 7) is 2.25. The third-order valence-corrected chi connectivity index (χ3v) is 6.70. The van der Waals surface area contributed by atoms with Gasteiger partial charge in [0.1, 0.15) is 0 Å². The zero-order valence-corrected chi connectivity index (χ0v) is 19.4. The van der Waals surface area contributed by atoms with E-state index in [1.165, 1.54) is 6.07 Å². The first-order chi connectivity index (χ1) is 16.5. The molecule has 1 amide bonds. The Kier molecular flexibility index (Phi) is 8.03. The normalized spacial score (nSPS) is 25.4. The molecule has 2 aliphatic rings. The molecule has 0 radical (unpaired) electrons. The van der Waals surface area contributed by atoms with Crippen LogP contribution in [0.1, 0.15) is 68.6 Å². The number of rotatable bonds is 5. The van der Waals surface area contributed by atoms with Gasteiger partial charge in [0.05, 0.1) is 0 Å². The molecule has 0 aliphatic heterocycles. The smallest absolute Gasteiger partial charge is 0.280 e. The highest BCUT2D eigenvalue weighted by Crippen LogP contribution is 2.24. The number of carbonyl (C=O) groups excluding carboxylic acids is 1. The van der Waals surface area contributed by atoms with Gasteiger partial charge in [-0.25, -0.2) is 18.7 Å². The van der Waals surface area contributed by atoms with Crippen molar-refractivity contribution >= 4 is 17.8 Å². The maximum Gasteiger partial charge on any atom is 0.280 e. The lowest BCUT2D eigenvalue weighted by atomic mass is 9.87. The third kappa shape index (κ3) is 6.71. The Bertz CT molecular complexity index is 986. The minimum Gasteiger partial charge on any atom is -0.353 e. The van der Waals surface area contributed by atoms with Gasteiger partial charge in [-0.1, -0.05) is 6.92 Å². The number of aromatic nitrogens is 2. The lowest BCUT2D eigenvalue weighted by molar-refractivity contribution is 0.100. The molecule has 2 fully saturated rings. The zero-order chi connectivity index (χ0) is 23.9. The van der Waals surface area contributed by atoms with Crippen LogP contribution in [0.2, 0.25) is 0 Å². The number of hydrogen-bond donors (Lipinski definition) is 3. The molecule has 182 valence electrons. The molecule has 0 spiro atoms. The highest BCUT2D eigenvalue weighted by Gasteiger charge is 2.25. The average Bonchev–Trinajstić information content (AvgIpc) is 2.84. The minimum atomic E-state index is -1.06. The van der Waals surface area contributed by atoms with Crippen LogP contribution in [0.4, 0.5) is 14.7 Å². The molecule has 1 aromatic heterocycles. The Morgan fingerprint density at radius 2 is 1.47 bits per heavy atom. The van der Waals surface area contributed by atoms with E-state index in [-0.39, 0.29) is 23.7 Å². The molecular weight excluding hydrogens is 438 g/mol. The van der Waals surface area contributed by atoms with Gasteiger partial charge in [0.15, 0.2) is 17.6 Å². The fraction of sp³-hybridized carbons (Fsp3) is 0.520. The van der Waals surface area contributed by atoms with Gasteiger partial charge in [0.25, 0.3) is 5.91 Å². The van der Waals surface area contributed by atoms with Crippen LogP contribution in [0.25, 0.3) is 0 Å². The van der Waals surface area contributed by atoms with Gasteiger partial charge in [0.2, 0.25) is 5.95 Å². The number of carbonyl (C=O) groups is 1. The van der Waals surface area contributed by atoms with E-state index in [4.69, 9.17) is 0 Å². The van der Waals surface area contributed by atoms with Crippen molar-refractivity contribution in [1.29, 1.82) is 0 Å². The fourth-order valence-electron chi connectivity index (χ4n) is 4.63. The van der Waals surface area contributed by atoms with Gasteiger partial charge in [-0.3, -0.25) is 4.79 Å². The first-order valence-corrected chi connectivity index (χ1v) is 12.1. The van der Waals surface area contributed by atoms with Crippen LogP contribution in [-0.4, -0.2) is 40.0 Å². The summed E-state index contributed by atoms with van der Waals surface area (Å²) in [4.78, 5) is 25.4. The highest BCUT2D eigenvalue weighted by atomic mass is 19.2. The fourth-order valence-corrected chi connectivity index (χ4v) is 4.63. The summed E-state index contributed by atoms with van der Waals surface area (Å²) in [5, 5.41) is 10.2. The summed E-state index contributed by atoms with van der Waals surface area (Å²) in [6.07, 6.45) is 11.4. The van der Waals surface area contributed by atoms with Crippen LogP contribution < -0.4 is 16.0 Å². The second kappa shape index (κ2) is 11.4. The molecule has 0 unspecified atom stereocenters. The first kappa shape index (κ1) is 24.0. The Morgan fingerprint density at radius 1 is 0.882 bits per heavy atom. The molecule has 34 heavy (non-hydrogen) atoms. The second-order valence-corrected chi connectivity index (χ2v) is 9.41. The van der Waals surface area contributed by atoms with E-state index < -0.39 is 17.5 Å². The van der Waals surface area contributed by atoms with Gasteiger partial charge in [-0.15, -0.1) is 0 Å². The second-order valence-electron chi connectivity index (χ2n) is 9.41. The largest absolute Gasteiger partial charge is 0.353 e. The van der Waals surface area contributed by atoms with Crippen molar-refractivity contribution in [2.45, 2.75) is 76.4 Å². The summed E-state index contributed by atoms with van der Waals surface area (Å²) in [7, 11) is 0. The summed E-state index contributed by atoms with van der Waals surface area (Å²) in [6, 6.07) is 5.56. The molecule has 9 heteroatoms. The van der Waals surface area contributed by atoms with Crippen molar-refractivity contribution in [3.63, 3.8) is 0 Å². The van der Waals surface area contributed by atoms with Crippen molar-refractivity contribution in [2.75, 3.05) is 5.32 Å². The molecule has 7 nitrogen and oxygen atoms in total. The van der Waals surface area contributed by atoms with Crippen molar-refractivity contribution in [3.05, 3.63) is 53.9 Å². The number of guanidine groups is 1. The number of anilines is 1. The number of nitrogens with zero attached hydrogens (tertiary/aromatic N) is 3.